The Morgan fingerprint density at radius 2 is 2.35 bits per heavy atom. The van der Waals surface area contributed by atoms with Crippen molar-refractivity contribution in [2.24, 2.45) is 0 Å². The Morgan fingerprint density at radius 3 is 3.06 bits per heavy atom. The number of nitrogens with one attached hydrogen (secondary N) is 1. The van der Waals surface area contributed by atoms with Gasteiger partial charge < -0.3 is 10.4 Å². The predicted octanol–water partition coefficient (Wildman–Crippen LogP) is 1.28. The molecule has 2 aromatic heterocycles. The Labute approximate surface area is 98.1 Å². The van der Waals surface area contributed by atoms with Crippen molar-refractivity contribution < 1.29 is 9.90 Å². The zero-order chi connectivity index (χ0) is 11.8. The van der Waals surface area contributed by atoms with Crippen LogP contribution in [0.1, 0.15) is 29.0 Å². The Balaban J connectivity index is 1.93. The number of fused-ring (bicyclic) bond motifs is 1. The van der Waals surface area contributed by atoms with Crippen LogP contribution in [0.3, 0.4) is 0 Å². The average molecular weight is 231 g/mol. The van der Waals surface area contributed by atoms with Crippen molar-refractivity contribution in [2.45, 2.75) is 25.4 Å². The molecule has 0 atom stereocenters. The number of hydrogen-bond acceptors (Lipinski definition) is 3. The van der Waals surface area contributed by atoms with Gasteiger partial charge >= 0.3 is 5.97 Å². The summed E-state index contributed by atoms with van der Waals surface area (Å²) < 4.78 is 1.62. The lowest BCUT2D eigenvalue weighted by Crippen LogP contribution is -2.15. The summed E-state index contributed by atoms with van der Waals surface area (Å²) in [5.74, 6) is -0.935. The highest BCUT2D eigenvalue weighted by Gasteiger charge is 2.20. The van der Waals surface area contributed by atoms with E-state index in [1.54, 1.807) is 22.7 Å². The SMILES string of the molecule is O=C(O)c1cccc2nc(CNC3CC3)cn12. The quantitative estimate of drug-likeness (QED) is 0.832. The molecule has 1 aliphatic carbocycles. The zero-order valence-corrected chi connectivity index (χ0v) is 9.26. The van der Waals surface area contributed by atoms with Crippen molar-refractivity contribution >= 4 is 11.6 Å². The molecule has 2 N–H and O–H groups in total. The molecule has 2 aromatic rings. The molecule has 0 saturated heterocycles. The molecule has 1 aliphatic rings. The van der Waals surface area contributed by atoms with Crippen LogP contribution in [0.15, 0.2) is 24.4 Å². The van der Waals surface area contributed by atoms with Crippen LogP contribution in [-0.4, -0.2) is 26.5 Å². The van der Waals surface area contributed by atoms with Gasteiger partial charge in [-0.25, -0.2) is 9.78 Å². The molecule has 1 fully saturated rings. The number of carboxylic acids is 1. The van der Waals surface area contributed by atoms with Gasteiger partial charge in [0.2, 0.25) is 0 Å². The van der Waals surface area contributed by atoms with E-state index >= 15 is 0 Å². The van der Waals surface area contributed by atoms with Crippen molar-refractivity contribution in [2.75, 3.05) is 0 Å². The number of nitrogens with zero attached hydrogens (tertiary/aromatic N) is 2. The highest BCUT2D eigenvalue weighted by Crippen LogP contribution is 2.19. The third-order valence-electron chi connectivity index (χ3n) is 2.91. The molecule has 0 unspecified atom stereocenters. The smallest absolute Gasteiger partial charge is 0.352 e. The second-order valence-electron chi connectivity index (χ2n) is 4.33. The fraction of sp³-hybridized carbons (Fsp3) is 0.333. The molecular formula is C12H13N3O2. The van der Waals surface area contributed by atoms with Crippen molar-refractivity contribution in [3.8, 4) is 0 Å². The maximum Gasteiger partial charge on any atom is 0.352 e. The first kappa shape index (κ1) is 10.3. The van der Waals surface area contributed by atoms with Crippen molar-refractivity contribution in [1.29, 1.82) is 0 Å². The number of aromatic carboxylic acids is 1. The summed E-state index contributed by atoms with van der Waals surface area (Å²) in [6, 6.07) is 5.73. The minimum Gasteiger partial charge on any atom is -0.477 e. The molecule has 5 heteroatoms. The summed E-state index contributed by atoms with van der Waals surface area (Å²) in [4.78, 5) is 15.4. The van der Waals surface area contributed by atoms with Gasteiger partial charge in [-0.1, -0.05) is 6.07 Å². The Morgan fingerprint density at radius 1 is 1.53 bits per heavy atom. The van der Waals surface area contributed by atoms with Gasteiger partial charge in [-0.2, -0.15) is 0 Å². The fourth-order valence-corrected chi connectivity index (χ4v) is 1.86. The normalized spacial score (nSPS) is 15.3. The summed E-state index contributed by atoms with van der Waals surface area (Å²) in [7, 11) is 0. The van der Waals surface area contributed by atoms with Gasteiger partial charge in [0.05, 0.1) is 5.69 Å². The molecule has 2 heterocycles. The lowest BCUT2D eigenvalue weighted by atomic mass is 10.3. The van der Waals surface area contributed by atoms with Gasteiger partial charge in [0.25, 0.3) is 0 Å². The maximum absolute atomic E-state index is 11.0. The molecule has 5 nitrogen and oxygen atoms in total. The lowest BCUT2D eigenvalue weighted by Gasteiger charge is -1.98. The maximum atomic E-state index is 11.0. The van der Waals surface area contributed by atoms with E-state index in [0.29, 0.717) is 18.2 Å². The Kier molecular flexibility index (Phi) is 2.33. The van der Waals surface area contributed by atoms with Gasteiger partial charge in [0, 0.05) is 18.8 Å². The minimum atomic E-state index is -0.935. The summed E-state index contributed by atoms with van der Waals surface area (Å²) in [5.41, 5.74) is 1.80. The highest BCUT2D eigenvalue weighted by atomic mass is 16.4. The van der Waals surface area contributed by atoms with Crippen molar-refractivity contribution in [1.82, 2.24) is 14.7 Å². The van der Waals surface area contributed by atoms with E-state index < -0.39 is 5.97 Å². The number of imidazole rings is 1. The molecular weight excluding hydrogens is 218 g/mol. The van der Waals surface area contributed by atoms with E-state index in [1.807, 2.05) is 6.07 Å². The number of rotatable bonds is 4. The van der Waals surface area contributed by atoms with Crippen molar-refractivity contribution in [3.63, 3.8) is 0 Å². The van der Waals surface area contributed by atoms with E-state index in [1.165, 1.54) is 12.8 Å². The third kappa shape index (κ3) is 2.01. The number of carboxylic acid groups (broad SMARTS) is 1. The Bertz CT molecular complexity index is 572. The van der Waals surface area contributed by atoms with Gasteiger partial charge in [0.1, 0.15) is 11.3 Å². The molecule has 0 bridgehead atoms. The molecule has 0 radical (unpaired) electrons. The topological polar surface area (TPSA) is 66.6 Å². The van der Waals surface area contributed by atoms with Crippen LogP contribution in [0.5, 0.6) is 0 Å². The number of aromatic nitrogens is 2. The minimum absolute atomic E-state index is 0.243. The number of carbonyl (C=O) groups is 1. The molecule has 1 saturated carbocycles. The molecule has 0 amide bonds. The van der Waals surface area contributed by atoms with Crippen LogP contribution < -0.4 is 5.32 Å². The number of hydrogen-bond donors (Lipinski definition) is 2. The van der Waals surface area contributed by atoms with Gasteiger partial charge in [0.15, 0.2) is 0 Å². The van der Waals surface area contributed by atoms with Crippen LogP contribution >= 0.6 is 0 Å². The molecule has 88 valence electrons. The standard InChI is InChI=1S/C12H13N3O2/c16-12(17)10-2-1-3-11-14-9(7-15(10)11)6-13-8-4-5-8/h1-3,7-8,13H,4-6H2,(H,16,17). The van der Waals surface area contributed by atoms with Crippen molar-refractivity contribution in [3.05, 3.63) is 35.8 Å². The van der Waals surface area contributed by atoms with E-state index in [0.717, 1.165) is 5.69 Å². The summed E-state index contributed by atoms with van der Waals surface area (Å²) >= 11 is 0. The van der Waals surface area contributed by atoms with Crippen LogP contribution in [0.4, 0.5) is 0 Å². The van der Waals surface area contributed by atoms with Gasteiger partial charge in [-0.3, -0.25) is 4.40 Å². The predicted molar refractivity (Wildman–Crippen MR) is 62.0 cm³/mol. The number of pyridine rings is 1. The lowest BCUT2D eigenvalue weighted by molar-refractivity contribution is 0.0689. The van der Waals surface area contributed by atoms with Crippen LogP contribution in [-0.2, 0) is 6.54 Å². The first-order valence-electron chi connectivity index (χ1n) is 5.68. The fourth-order valence-electron chi connectivity index (χ4n) is 1.86. The molecule has 0 aliphatic heterocycles. The van der Waals surface area contributed by atoms with E-state index in [-0.39, 0.29) is 5.69 Å². The average Bonchev–Trinajstić information content (AvgIpc) is 3.04. The summed E-state index contributed by atoms with van der Waals surface area (Å²) in [6.07, 6.45) is 4.25. The van der Waals surface area contributed by atoms with Crippen LogP contribution in [0, 0.1) is 0 Å². The van der Waals surface area contributed by atoms with Crippen LogP contribution in [0.25, 0.3) is 5.65 Å². The molecule has 17 heavy (non-hydrogen) atoms. The highest BCUT2D eigenvalue weighted by molar-refractivity contribution is 5.86. The summed E-state index contributed by atoms with van der Waals surface area (Å²) in [6.45, 7) is 0.700. The monoisotopic (exact) mass is 231 g/mol. The van der Waals surface area contributed by atoms with Gasteiger partial charge in [-0.15, -0.1) is 0 Å². The second-order valence-corrected chi connectivity index (χ2v) is 4.33. The summed E-state index contributed by atoms with van der Waals surface area (Å²) in [5, 5.41) is 12.4. The van der Waals surface area contributed by atoms with Gasteiger partial charge in [-0.05, 0) is 25.0 Å². The first-order valence-corrected chi connectivity index (χ1v) is 5.68. The van der Waals surface area contributed by atoms with Crippen LogP contribution in [0.2, 0.25) is 0 Å². The van der Waals surface area contributed by atoms with E-state index in [4.69, 9.17) is 5.11 Å². The molecule has 0 spiro atoms. The zero-order valence-electron chi connectivity index (χ0n) is 9.26. The third-order valence-corrected chi connectivity index (χ3v) is 2.91. The first-order chi connectivity index (χ1) is 8.24. The Hall–Kier alpha value is -1.88. The molecule has 0 aromatic carbocycles. The van der Waals surface area contributed by atoms with E-state index in [2.05, 4.69) is 10.3 Å². The molecule has 3 rings (SSSR count). The van der Waals surface area contributed by atoms with E-state index in [9.17, 15) is 4.79 Å². The largest absolute Gasteiger partial charge is 0.477 e. The second kappa shape index (κ2) is 3.85.